The van der Waals surface area contributed by atoms with Crippen molar-refractivity contribution in [2.75, 3.05) is 6.54 Å². The number of amides is 1. The van der Waals surface area contributed by atoms with E-state index in [1.807, 2.05) is 30.3 Å². The summed E-state index contributed by atoms with van der Waals surface area (Å²) in [6.07, 6.45) is 1.12. The summed E-state index contributed by atoms with van der Waals surface area (Å²) in [6.45, 7) is 2.21. The maximum atomic E-state index is 12.7. The summed E-state index contributed by atoms with van der Waals surface area (Å²) in [5, 5.41) is 11.8. The first-order valence-electron chi connectivity index (χ1n) is 9.57. The van der Waals surface area contributed by atoms with Gasteiger partial charge in [0.1, 0.15) is 5.78 Å². The number of nitrogens with two attached hydrogens (primary N) is 1. The van der Waals surface area contributed by atoms with Gasteiger partial charge in [0.15, 0.2) is 6.10 Å². The molecule has 5 N–H and O–H groups in total. The molecule has 0 saturated carbocycles. The summed E-state index contributed by atoms with van der Waals surface area (Å²) < 4.78 is 17.8. The first-order chi connectivity index (χ1) is 13.3. The van der Waals surface area contributed by atoms with Crippen molar-refractivity contribution < 1.29 is 28.7 Å². The molecule has 3 atom stereocenters. The highest BCUT2D eigenvalue weighted by Gasteiger charge is 2.37. The molecule has 0 radical (unpaired) electrons. The number of carboxylic acids is 1. The molecule has 0 fully saturated rings. The molecule has 0 bridgehead atoms. The van der Waals surface area contributed by atoms with Crippen molar-refractivity contribution in [2.24, 2.45) is 5.73 Å². The van der Waals surface area contributed by atoms with Crippen LogP contribution in [0.5, 0.6) is 0 Å². The predicted molar refractivity (Wildman–Crippen MR) is 107 cm³/mol. The third-order valence-corrected chi connectivity index (χ3v) is 5.97. The van der Waals surface area contributed by atoms with E-state index in [9.17, 15) is 24.2 Å². The Hall–Kier alpha value is -1.73. The number of carbonyl (C=O) groups is 2. The smallest absolute Gasteiger partial charge is 0.351 e. The van der Waals surface area contributed by atoms with Gasteiger partial charge in [-0.2, -0.15) is 0 Å². The molecule has 8 nitrogen and oxygen atoms in total. The van der Waals surface area contributed by atoms with E-state index in [0.29, 0.717) is 32.2 Å². The monoisotopic (exact) mass is 414 g/mol. The van der Waals surface area contributed by atoms with Crippen molar-refractivity contribution in [3.63, 3.8) is 0 Å². The first kappa shape index (κ1) is 24.3. The fourth-order valence-corrected chi connectivity index (χ4v) is 4.30. The fraction of sp³-hybridized carbons (Fsp3) is 0.579. The van der Waals surface area contributed by atoms with Gasteiger partial charge in [-0.25, -0.2) is 4.79 Å². The lowest BCUT2D eigenvalue weighted by molar-refractivity contribution is -0.145. The van der Waals surface area contributed by atoms with Gasteiger partial charge in [-0.1, -0.05) is 43.7 Å². The molecule has 28 heavy (non-hydrogen) atoms. The average Bonchev–Trinajstić information content (AvgIpc) is 2.66. The van der Waals surface area contributed by atoms with Crippen molar-refractivity contribution in [1.82, 2.24) is 5.32 Å². The van der Waals surface area contributed by atoms with Crippen LogP contribution in [-0.4, -0.2) is 40.3 Å². The van der Waals surface area contributed by atoms with Crippen molar-refractivity contribution >= 4 is 19.5 Å². The summed E-state index contributed by atoms with van der Waals surface area (Å²) in [6, 6.07) is 9.43. The quantitative estimate of drug-likeness (QED) is 0.271. The number of hydrogen-bond donors (Lipinski definition) is 4. The lowest BCUT2D eigenvalue weighted by atomic mass is 10.1. The highest BCUT2D eigenvalue weighted by molar-refractivity contribution is 7.53. The number of carboxylic acid groups (broad SMARTS) is 1. The van der Waals surface area contributed by atoms with Crippen LogP contribution < -0.4 is 11.1 Å². The molecule has 9 heteroatoms. The van der Waals surface area contributed by atoms with Crippen molar-refractivity contribution in [3.8, 4) is 0 Å². The van der Waals surface area contributed by atoms with E-state index in [-0.39, 0.29) is 25.2 Å². The number of aryl methyl sites for hydroxylation is 1. The number of hydrogen-bond acceptors (Lipinski definition) is 5. The van der Waals surface area contributed by atoms with E-state index >= 15 is 0 Å². The molecular formula is C19H31N2O6P. The van der Waals surface area contributed by atoms with E-state index in [4.69, 9.17) is 10.3 Å². The van der Waals surface area contributed by atoms with Crippen LogP contribution in [0.1, 0.15) is 51.0 Å². The van der Waals surface area contributed by atoms with E-state index in [1.54, 1.807) is 6.92 Å². The normalized spacial score (nSPS) is 15.4. The molecule has 0 saturated heterocycles. The van der Waals surface area contributed by atoms with Gasteiger partial charge in [0.2, 0.25) is 5.91 Å². The molecule has 1 aromatic carbocycles. The number of aliphatic carboxylic acids is 1. The van der Waals surface area contributed by atoms with Crippen LogP contribution in [0.25, 0.3) is 0 Å². The molecule has 0 heterocycles. The minimum absolute atomic E-state index is 0.0812. The molecular weight excluding hydrogens is 383 g/mol. The molecule has 158 valence electrons. The lowest BCUT2D eigenvalue weighted by Gasteiger charge is -2.26. The topological polar surface area (TPSA) is 139 Å². The zero-order chi connectivity index (χ0) is 21.0. The zero-order valence-electron chi connectivity index (χ0n) is 16.3. The van der Waals surface area contributed by atoms with Gasteiger partial charge in [-0.05, 0) is 44.2 Å². The fourth-order valence-electron chi connectivity index (χ4n) is 2.70. The molecule has 0 spiro atoms. The molecule has 0 aliphatic carbocycles. The van der Waals surface area contributed by atoms with Gasteiger partial charge in [-0.15, -0.1) is 0 Å². The van der Waals surface area contributed by atoms with Crippen LogP contribution in [0.2, 0.25) is 0 Å². The standard InChI is InChI=1S/C19H31N2O6P/c1-2-8-18(21-17(22)13-12-15-9-4-3-5-10-15)28(25,26)27-16(19(23)24)11-6-7-14-20/h3-5,9-10,16,18H,2,6-8,11-14,20H2,1H3,(H,21,22)(H,23,24)(H,25,26)/t16-,18?/m0/s1. The first-order valence-corrected chi connectivity index (χ1v) is 11.2. The molecule has 1 amide bonds. The van der Waals surface area contributed by atoms with E-state index in [2.05, 4.69) is 5.32 Å². The highest BCUT2D eigenvalue weighted by atomic mass is 31.2. The van der Waals surface area contributed by atoms with E-state index < -0.39 is 25.5 Å². The Morgan fingerprint density at radius 1 is 1.21 bits per heavy atom. The Labute approximate surface area is 166 Å². The van der Waals surface area contributed by atoms with Gasteiger partial charge in [0.05, 0.1) is 0 Å². The number of nitrogens with one attached hydrogen (secondary N) is 1. The second-order valence-electron chi connectivity index (χ2n) is 6.64. The molecule has 0 aliphatic rings. The maximum Gasteiger partial charge on any atom is 0.351 e. The SMILES string of the molecule is CCCC(NC(=O)CCc1ccccc1)P(=O)(O)O[C@@H](CCCCN)C(=O)O. The van der Waals surface area contributed by atoms with Gasteiger partial charge in [0, 0.05) is 6.42 Å². The molecule has 2 unspecified atom stereocenters. The zero-order valence-corrected chi connectivity index (χ0v) is 17.1. The summed E-state index contributed by atoms with van der Waals surface area (Å²) in [4.78, 5) is 34.0. The minimum atomic E-state index is -4.37. The van der Waals surface area contributed by atoms with Gasteiger partial charge < -0.3 is 21.1 Å². The van der Waals surface area contributed by atoms with Gasteiger partial charge >= 0.3 is 13.6 Å². The van der Waals surface area contributed by atoms with Crippen LogP contribution in [0.15, 0.2) is 30.3 Å². The Morgan fingerprint density at radius 2 is 1.89 bits per heavy atom. The second kappa shape index (κ2) is 12.7. The maximum absolute atomic E-state index is 12.7. The Balaban J connectivity index is 2.70. The number of rotatable bonds is 14. The number of carbonyl (C=O) groups excluding carboxylic acids is 1. The predicted octanol–water partition coefficient (Wildman–Crippen LogP) is 2.65. The number of unbranched alkanes of at least 4 members (excludes halogenated alkanes) is 1. The Kier molecular flexibility index (Phi) is 11.0. The summed E-state index contributed by atoms with van der Waals surface area (Å²) in [7, 11) is -4.37. The third-order valence-electron chi connectivity index (χ3n) is 4.24. The average molecular weight is 414 g/mol. The Bertz CT molecular complexity index is 655. The minimum Gasteiger partial charge on any atom is -0.479 e. The van der Waals surface area contributed by atoms with E-state index in [1.165, 1.54) is 0 Å². The largest absolute Gasteiger partial charge is 0.479 e. The summed E-state index contributed by atoms with van der Waals surface area (Å²) >= 11 is 0. The lowest BCUT2D eigenvalue weighted by Crippen LogP contribution is -2.37. The van der Waals surface area contributed by atoms with E-state index in [0.717, 1.165) is 5.56 Å². The van der Waals surface area contributed by atoms with Gasteiger partial charge in [-0.3, -0.25) is 13.9 Å². The summed E-state index contributed by atoms with van der Waals surface area (Å²) in [5.41, 5.74) is 6.38. The summed E-state index contributed by atoms with van der Waals surface area (Å²) in [5.74, 6) is -2.83. The third kappa shape index (κ3) is 8.97. The van der Waals surface area contributed by atoms with Crippen molar-refractivity contribution in [1.29, 1.82) is 0 Å². The highest BCUT2D eigenvalue weighted by Crippen LogP contribution is 2.49. The molecule has 1 rings (SSSR count). The molecule has 1 aromatic rings. The van der Waals surface area contributed by atoms with Crippen LogP contribution in [0.3, 0.4) is 0 Å². The van der Waals surface area contributed by atoms with Crippen LogP contribution >= 0.6 is 7.60 Å². The Morgan fingerprint density at radius 3 is 2.46 bits per heavy atom. The second-order valence-corrected chi connectivity index (χ2v) is 8.60. The van der Waals surface area contributed by atoms with Crippen LogP contribution in [0, 0.1) is 0 Å². The van der Waals surface area contributed by atoms with Crippen LogP contribution in [-0.2, 0) is 25.1 Å². The van der Waals surface area contributed by atoms with Gasteiger partial charge in [0.25, 0.3) is 0 Å². The molecule has 0 aliphatic heterocycles. The number of benzene rings is 1. The van der Waals surface area contributed by atoms with Crippen LogP contribution in [0.4, 0.5) is 0 Å². The van der Waals surface area contributed by atoms with Crippen molar-refractivity contribution in [2.45, 2.75) is 63.8 Å². The molecule has 0 aromatic heterocycles. The van der Waals surface area contributed by atoms with Crippen molar-refractivity contribution in [3.05, 3.63) is 35.9 Å².